The molecule has 2 aliphatic rings. The zero-order chi connectivity index (χ0) is 24.4. The van der Waals surface area contributed by atoms with Crippen LogP contribution in [0.25, 0.3) is 11.4 Å². The predicted molar refractivity (Wildman–Crippen MR) is 125 cm³/mol. The lowest BCUT2D eigenvalue weighted by Gasteiger charge is -2.27. The Hall–Kier alpha value is -3.69. The summed E-state index contributed by atoms with van der Waals surface area (Å²) in [5.41, 5.74) is 2.75. The molecule has 3 aromatic rings. The highest BCUT2D eigenvalue weighted by Crippen LogP contribution is 2.31. The van der Waals surface area contributed by atoms with Gasteiger partial charge in [-0.05, 0) is 63.6 Å². The first kappa shape index (κ1) is 23.1. The largest absolute Gasteiger partial charge is 0.490 e. The average Bonchev–Trinajstić information content (AvgIpc) is 3.59. The van der Waals surface area contributed by atoms with Gasteiger partial charge in [-0.25, -0.2) is 14.6 Å². The van der Waals surface area contributed by atoms with Gasteiger partial charge in [0.2, 0.25) is 5.88 Å². The first-order chi connectivity index (χ1) is 17.0. The minimum Gasteiger partial charge on any atom is -0.490 e. The normalized spacial score (nSPS) is 19.8. The number of nitrogens with zero attached hydrogens (tertiary/aromatic N) is 5. The molecule has 3 aromatic heterocycles. The van der Waals surface area contributed by atoms with Gasteiger partial charge in [-0.2, -0.15) is 0 Å². The van der Waals surface area contributed by atoms with Crippen LogP contribution in [0.5, 0.6) is 17.4 Å². The Labute approximate surface area is 203 Å². The smallest absolute Gasteiger partial charge is 0.306 e. The summed E-state index contributed by atoms with van der Waals surface area (Å²) in [5, 5.41) is 17.8. The maximum Gasteiger partial charge on any atom is 0.306 e. The number of aromatic nitrogens is 5. The Balaban J connectivity index is 1.27. The number of carboxylic acid groups (broad SMARTS) is 1. The van der Waals surface area contributed by atoms with Crippen molar-refractivity contribution in [3.63, 3.8) is 0 Å². The molecule has 2 atom stereocenters. The van der Waals surface area contributed by atoms with Crippen molar-refractivity contribution in [2.24, 2.45) is 13.0 Å². The molecule has 1 N–H and O–H groups in total. The lowest BCUT2D eigenvalue weighted by Crippen LogP contribution is -2.29. The number of hydrogen-bond acceptors (Lipinski definition) is 8. The second-order valence-electron chi connectivity index (χ2n) is 9.17. The van der Waals surface area contributed by atoms with Crippen LogP contribution in [0.15, 0.2) is 30.5 Å². The van der Waals surface area contributed by atoms with E-state index in [-0.39, 0.29) is 18.6 Å². The highest BCUT2D eigenvalue weighted by atomic mass is 16.5. The van der Waals surface area contributed by atoms with E-state index in [0.717, 1.165) is 37.1 Å². The fraction of sp³-hybridized carbons (Fsp3) is 0.480. The third-order valence-electron chi connectivity index (χ3n) is 6.38. The average molecular weight is 480 g/mol. The minimum absolute atomic E-state index is 0.121. The second-order valence-corrected chi connectivity index (χ2v) is 9.17. The Kier molecular flexibility index (Phi) is 6.52. The highest BCUT2D eigenvalue weighted by molar-refractivity contribution is 5.70. The van der Waals surface area contributed by atoms with E-state index < -0.39 is 5.97 Å². The molecule has 10 heteroatoms. The number of pyridine rings is 2. The topological polar surface area (TPSA) is 121 Å². The Morgan fingerprint density at radius 2 is 2.00 bits per heavy atom. The van der Waals surface area contributed by atoms with Gasteiger partial charge in [0.25, 0.3) is 0 Å². The number of aliphatic carboxylic acids is 1. The SMILES string of the molecule is Cc1nc(-c2nnn(C)c2COc2cc(OC3CC3)ccn2)ccc1O[C@H]1CCC[C@H](C(=O)O)C1. The van der Waals surface area contributed by atoms with E-state index in [2.05, 4.69) is 15.3 Å². The molecule has 0 aliphatic heterocycles. The number of carbonyl (C=O) groups is 1. The van der Waals surface area contributed by atoms with Crippen LogP contribution < -0.4 is 14.2 Å². The predicted octanol–water partition coefficient (Wildman–Crippen LogP) is 3.72. The van der Waals surface area contributed by atoms with E-state index in [1.807, 2.05) is 32.2 Å². The van der Waals surface area contributed by atoms with Crippen molar-refractivity contribution in [1.29, 1.82) is 0 Å². The molecule has 0 spiro atoms. The van der Waals surface area contributed by atoms with Crippen LogP contribution in [0, 0.1) is 12.8 Å². The van der Waals surface area contributed by atoms with Crippen LogP contribution in [0.1, 0.15) is 49.9 Å². The van der Waals surface area contributed by atoms with Crippen molar-refractivity contribution in [2.75, 3.05) is 0 Å². The van der Waals surface area contributed by atoms with Crippen LogP contribution in [0.4, 0.5) is 0 Å². The zero-order valence-corrected chi connectivity index (χ0v) is 19.9. The highest BCUT2D eigenvalue weighted by Gasteiger charge is 2.28. The monoisotopic (exact) mass is 479 g/mol. The molecule has 5 rings (SSSR count). The van der Waals surface area contributed by atoms with Gasteiger partial charge in [-0.15, -0.1) is 5.10 Å². The van der Waals surface area contributed by atoms with E-state index in [1.165, 1.54) is 0 Å². The first-order valence-electron chi connectivity index (χ1n) is 12.0. The van der Waals surface area contributed by atoms with Gasteiger partial charge in [-0.3, -0.25) is 4.79 Å². The van der Waals surface area contributed by atoms with Crippen molar-refractivity contribution in [2.45, 2.75) is 64.3 Å². The lowest BCUT2D eigenvalue weighted by atomic mass is 9.87. The van der Waals surface area contributed by atoms with Crippen LogP contribution in [0.2, 0.25) is 0 Å². The fourth-order valence-corrected chi connectivity index (χ4v) is 4.26. The molecule has 0 unspecified atom stereocenters. The second kappa shape index (κ2) is 9.89. The van der Waals surface area contributed by atoms with Gasteiger partial charge in [0, 0.05) is 19.3 Å². The lowest BCUT2D eigenvalue weighted by molar-refractivity contribution is -0.143. The summed E-state index contributed by atoms with van der Waals surface area (Å²) >= 11 is 0. The Morgan fingerprint density at radius 1 is 1.14 bits per heavy atom. The van der Waals surface area contributed by atoms with Gasteiger partial charge in [0.1, 0.15) is 29.5 Å². The third kappa shape index (κ3) is 5.52. The maximum atomic E-state index is 11.4. The molecule has 0 bridgehead atoms. The summed E-state index contributed by atoms with van der Waals surface area (Å²) in [7, 11) is 1.81. The molecule has 2 saturated carbocycles. The van der Waals surface area contributed by atoms with Crippen molar-refractivity contribution in [3.05, 3.63) is 41.9 Å². The molecule has 0 radical (unpaired) electrons. The molecule has 0 amide bonds. The number of ether oxygens (including phenoxy) is 3. The third-order valence-corrected chi connectivity index (χ3v) is 6.38. The molecule has 0 aromatic carbocycles. The summed E-state index contributed by atoms with van der Waals surface area (Å²) in [6, 6.07) is 7.32. The van der Waals surface area contributed by atoms with Crippen LogP contribution >= 0.6 is 0 Å². The summed E-state index contributed by atoms with van der Waals surface area (Å²) in [6.07, 6.45) is 6.94. The minimum atomic E-state index is -0.752. The molecule has 0 saturated heterocycles. The van der Waals surface area contributed by atoms with Crippen molar-refractivity contribution in [3.8, 4) is 28.8 Å². The Bertz CT molecular complexity index is 1210. The summed E-state index contributed by atoms with van der Waals surface area (Å²) in [6.45, 7) is 2.09. The van der Waals surface area contributed by atoms with Gasteiger partial charge >= 0.3 is 5.97 Å². The number of hydrogen-bond donors (Lipinski definition) is 1. The molecular formula is C25H29N5O5. The first-order valence-corrected chi connectivity index (χ1v) is 12.0. The molecular weight excluding hydrogens is 450 g/mol. The van der Waals surface area contributed by atoms with Crippen LogP contribution in [0.3, 0.4) is 0 Å². The van der Waals surface area contributed by atoms with E-state index in [4.69, 9.17) is 19.2 Å². The maximum absolute atomic E-state index is 11.4. The van der Waals surface area contributed by atoms with E-state index >= 15 is 0 Å². The molecule has 2 fully saturated rings. The molecule has 2 aliphatic carbocycles. The van der Waals surface area contributed by atoms with Gasteiger partial charge in [0.05, 0.1) is 29.5 Å². The molecule has 35 heavy (non-hydrogen) atoms. The zero-order valence-electron chi connectivity index (χ0n) is 19.9. The van der Waals surface area contributed by atoms with Gasteiger partial charge in [-0.1, -0.05) is 5.21 Å². The number of carboxylic acids is 1. The molecule has 10 nitrogen and oxygen atoms in total. The summed E-state index contributed by atoms with van der Waals surface area (Å²) in [4.78, 5) is 20.3. The summed E-state index contributed by atoms with van der Waals surface area (Å²) in [5.74, 6) is 0.775. The van der Waals surface area contributed by atoms with Crippen molar-refractivity contribution in [1.82, 2.24) is 25.0 Å². The van der Waals surface area contributed by atoms with Gasteiger partial charge in [0.15, 0.2) is 0 Å². The number of aryl methyl sites for hydroxylation is 2. The summed E-state index contributed by atoms with van der Waals surface area (Å²) < 4.78 is 19.5. The van der Waals surface area contributed by atoms with Crippen LogP contribution in [-0.4, -0.2) is 48.2 Å². The number of rotatable bonds is 9. The molecule has 184 valence electrons. The van der Waals surface area contributed by atoms with E-state index in [0.29, 0.717) is 47.7 Å². The quantitative estimate of drug-likeness (QED) is 0.489. The molecule has 3 heterocycles. The van der Waals surface area contributed by atoms with Crippen LogP contribution in [-0.2, 0) is 18.4 Å². The van der Waals surface area contributed by atoms with E-state index in [1.54, 1.807) is 16.9 Å². The van der Waals surface area contributed by atoms with Gasteiger partial charge < -0.3 is 19.3 Å². The Morgan fingerprint density at radius 3 is 2.77 bits per heavy atom. The van der Waals surface area contributed by atoms with E-state index in [9.17, 15) is 9.90 Å². The fourth-order valence-electron chi connectivity index (χ4n) is 4.26. The van der Waals surface area contributed by atoms with Crippen molar-refractivity contribution < 1.29 is 24.1 Å². The standard InChI is InChI=1S/C25H29N5O5/c1-15-22(35-18-5-3-4-16(12-18)25(31)32)9-8-20(27-15)24-21(30(2)29-28-24)14-33-23-13-19(10-11-26-23)34-17-6-7-17/h8-11,13,16-18H,3-7,12,14H2,1-2H3,(H,31,32)/t16-,18-/m0/s1. The van der Waals surface area contributed by atoms with Crippen molar-refractivity contribution >= 4 is 5.97 Å².